The molecule has 1 aliphatic carbocycles. The Bertz CT molecular complexity index is 1030. The number of carbonyl (C=O) groups excluding carboxylic acids is 4. The van der Waals surface area contributed by atoms with Crippen molar-refractivity contribution in [2.24, 2.45) is 17.8 Å². The summed E-state index contributed by atoms with van der Waals surface area (Å²) in [6.45, 7) is 10.5. The number of carbonyl (C=O) groups is 4. The minimum atomic E-state index is -0.966. The van der Waals surface area contributed by atoms with Gasteiger partial charge in [0.15, 0.2) is 0 Å². The third kappa shape index (κ3) is 13.4. The summed E-state index contributed by atoms with van der Waals surface area (Å²) in [7, 11) is 0. The molecule has 5 N–H and O–H groups in total. The monoisotopic (exact) mass is 614 g/mol. The molecule has 248 valence electrons. The molecule has 6 atom stereocenters. The first-order chi connectivity index (χ1) is 20.9. The highest BCUT2D eigenvalue weighted by molar-refractivity contribution is 5.88. The van der Waals surface area contributed by atoms with Crippen LogP contribution in [-0.4, -0.2) is 59.0 Å². The van der Waals surface area contributed by atoms with Gasteiger partial charge in [0, 0.05) is 19.9 Å². The lowest BCUT2D eigenvalue weighted by atomic mass is 9.85. The maximum atomic E-state index is 13.5. The van der Waals surface area contributed by atoms with Crippen molar-refractivity contribution in [3.05, 3.63) is 35.9 Å². The highest BCUT2D eigenvalue weighted by atomic mass is 16.3. The van der Waals surface area contributed by atoms with Gasteiger partial charge in [-0.3, -0.25) is 19.2 Å². The van der Waals surface area contributed by atoms with Crippen LogP contribution in [0, 0.1) is 17.8 Å². The smallest absolute Gasteiger partial charge is 0.243 e. The van der Waals surface area contributed by atoms with Crippen molar-refractivity contribution in [3.8, 4) is 0 Å². The topological polar surface area (TPSA) is 137 Å². The van der Waals surface area contributed by atoms with Crippen molar-refractivity contribution >= 4 is 23.6 Å². The third-order valence-electron chi connectivity index (χ3n) is 9.01. The molecule has 3 unspecified atom stereocenters. The van der Waals surface area contributed by atoms with Crippen LogP contribution in [0.3, 0.4) is 0 Å². The highest BCUT2D eigenvalue weighted by Crippen LogP contribution is 2.28. The molecule has 4 amide bonds. The summed E-state index contributed by atoms with van der Waals surface area (Å²) in [5, 5.41) is 23.4. The van der Waals surface area contributed by atoms with E-state index in [1.807, 2.05) is 58.0 Å². The number of amides is 4. The molecule has 44 heavy (non-hydrogen) atoms. The fourth-order valence-corrected chi connectivity index (χ4v) is 6.22. The lowest BCUT2D eigenvalue weighted by Crippen LogP contribution is -2.56. The van der Waals surface area contributed by atoms with Crippen LogP contribution in [0.25, 0.3) is 0 Å². The Morgan fingerprint density at radius 2 is 1.43 bits per heavy atom. The van der Waals surface area contributed by atoms with Gasteiger partial charge in [-0.2, -0.15) is 0 Å². The lowest BCUT2D eigenvalue weighted by Gasteiger charge is -2.32. The van der Waals surface area contributed by atoms with Gasteiger partial charge in [-0.05, 0) is 42.6 Å². The van der Waals surface area contributed by atoms with Crippen molar-refractivity contribution in [3.63, 3.8) is 0 Å². The molecule has 1 aliphatic rings. The number of hydrogen-bond acceptors (Lipinski definition) is 5. The molecular formula is C35H58N4O5. The average molecular weight is 615 g/mol. The largest absolute Gasteiger partial charge is 0.391 e. The van der Waals surface area contributed by atoms with E-state index in [9.17, 15) is 24.3 Å². The number of hydrogen-bond donors (Lipinski definition) is 5. The first-order valence-electron chi connectivity index (χ1n) is 16.8. The summed E-state index contributed by atoms with van der Waals surface area (Å²) < 4.78 is 0. The Kier molecular flexibility index (Phi) is 16.5. The van der Waals surface area contributed by atoms with Crippen LogP contribution >= 0.6 is 0 Å². The molecule has 0 bridgehead atoms. The van der Waals surface area contributed by atoms with Gasteiger partial charge in [0.2, 0.25) is 23.6 Å². The van der Waals surface area contributed by atoms with Crippen molar-refractivity contribution in [1.29, 1.82) is 0 Å². The summed E-state index contributed by atoms with van der Waals surface area (Å²) in [5.74, 6) is -0.665. The zero-order valence-electron chi connectivity index (χ0n) is 27.9. The van der Waals surface area contributed by atoms with E-state index in [-0.39, 0.29) is 47.9 Å². The molecular weight excluding hydrogens is 556 g/mol. The van der Waals surface area contributed by atoms with E-state index in [0.29, 0.717) is 18.8 Å². The number of nitrogens with one attached hydrogen (secondary N) is 4. The Morgan fingerprint density at radius 3 is 2.00 bits per heavy atom. The molecule has 0 heterocycles. The van der Waals surface area contributed by atoms with Gasteiger partial charge in [-0.15, -0.1) is 0 Å². The van der Waals surface area contributed by atoms with E-state index in [1.165, 1.54) is 46.0 Å². The number of aliphatic hydroxyl groups excluding tert-OH is 1. The molecule has 0 saturated heterocycles. The Labute approximate surface area is 265 Å². The predicted molar refractivity (Wildman–Crippen MR) is 175 cm³/mol. The molecule has 9 heteroatoms. The van der Waals surface area contributed by atoms with Crippen LogP contribution in [0.15, 0.2) is 30.3 Å². The Morgan fingerprint density at radius 1 is 0.841 bits per heavy atom. The maximum Gasteiger partial charge on any atom is 0.243 e. The second-order valence-corrected chi connectivity index (χ2v) is 13.2. The Hall–Kier alpha value is -2.94. The number of benzene rings is 1. The molecule has 0 aliphatic heterocycles. The molecule has 1 fully saturated rings. The van der Waals surface area contributed by atoms with E-state index >= 15 is 0 Å². The minimum Gasteiger partial charge on any atom is -0.391 e. The molecule has 1 aromatic carbocycles. The molecule has 2 rings (SSSR count). The van der Waals surface area contributed by atoms with Gasteiger partial charge in [0.25, 0.3) is 0 Å². The molecule has 9 nitrogen and oxygen atoms in total. The third-order valence-corrected chi connectivity index (χ3v) is 9.01. The van der Waals surface area contributed by atoms with Crippen molar-refractivity contribution in [2.75, 3.05) is 0 Å². The Balaban J connectivity index is 2.27. The van der Waals surface area contributed by atoms with Gasteiger partial charge in [-0.25, -0.2) is 0 Å². The van der Waals surface area contributed by atoms with Gasteiger partial charge in [0.1, 0.15) is 12.1 Å². The van der Waals surface area contributed by atoms with Crippen LogP contribution in [0.5, 0.6) is 0 Å². The van der Waals surface area contributed by atoms with E-state index in [2.05, 4.69) is 21.3 Å². The molecule has 0 radical (unpaired) electrons. The van der Waals surface area contributed by atoms with Crippen molar-refractivity contribution < 1.29 is 24.3 Å². The van der Waals surface area contributed by atoms with Crippen LogP contribution in [0.1, 0.15) is 111 Å². The average Bonchev–Trinajstić information content (AvgIpc) is 2.98. The van der Waals surface area contributed by atoms with E-state index in [4.69, 9.17) is 0 Å². The van der Waals surface area contributed by atoms with Crippen LogP contribution in [0.4, 0.5) is 0 Å². The minimum absolute atomic E-state index is 0.0569. The first-order valence-corrected chi connectivity index (χ1v) is 16.8. The standard InChI is InChI=1S/C35H58N4O5/c1-7-24(4)33(37-26(6)41)35(44)38-29(20-14-19-27-15-10-8-11-16-27)22-31(42)30(21-28-17-12-9-13-18-28)39-34(43)32(23(2)3)36-25(5)40/h9,12-13,17-18,23-24,27,29-33,42H,7-8,10-11,14-16,19-22H2,1-6H3,(H,36,40)(H,37,41)(H,38,44)(H,39,43)/t24?,29?,30?,31-,32-,33-/m0/s1. The fraction of sp³-hybridized carbons (Fsp3) is 0.714. The van der Waals surface area contributed by atoms with Crippen LogP contribution in [-0.2, 0) is 25.6 Å². The predicted octanol–water partition coefficient (Wildman–Crippen LogP) is 4.41. The van der Waals surface area contributed by atoms with Gasteiger partial charge in [0.05, 0.1) is 12.1 Å². The summed E-state index contributed by atoms with van der Waals surface area (Å²) in [4.78, 5) is 50.7. The summed E-state index contributed by atoms with van der Waals surface area (Å²) >= 11 is 0. The van der Waals surface area contributed by atoms with Gasteiger partial charge >= 0.3 is 0 Å². The normalized spacial score (nSPS) is 17.9. The van der Waals surface area contributed by atoms with Gasteiger partial charge < -0.3 is 26.4 Å². The second kappa shape index (κ2) is 19.4. The summed E-state index contributed by atoms with van der Waals surface area (Å²) in [6, 6.07) is 7.27. The molecule has 1 saturated carbocycles. The zero-order chi connectivity index (χ0) is 32.6. The zero-order valence-corrected chi connectivity index (χ0v) is 27.9. The fourth-order valence-electron chi connectivity index (χ4n) is 6.22. The van der Waals surface area contributed by atoms with Crippen LogP contribution < -0.4 is 21.3 Å². The molecule has 0 aromatic heterocycles. The van der Waals surface area contributed by atoms with Gasteiger partial charge in [-0.1, -0.05) is 109 Å². The number of aliphatic hydroxyl groups is 1. The lowest BCUT2D eigenvalue weighted by molar-refractivity contribution is -0.130. The first kappa shape index (κ1) is 37.2. The van der Waals surface area contributed by atoms with Crippen molar-refractivity contribution in [1.82, 2.24) is 21.3 Å². The van der Waals surface area contributed by atoms with E-state index in [0.717, 1.165) is 24.8 Å². The SMILES string of the molecule is CCC(C)[C@H](NC(C)=O)C(=O)NC(CCCC1CCCCC1)C[C@H](O)C(Cc1ccccc1)NC(=O)[C@@H](NC(C)=O)C(C)C. The summed E-state index contributed by atoms with van der Waals surface area (Å²) in [6.07, 6.45) is 9.43. The quantitative estimate of drug-likeness (QED) is 0.167. The summed E-state index contributed by atoms with van der Waals surface area (Å²) in [5.41, 5.74) is 0.956. The molecule has 0 spiro atoms. The van der Waals surface area contributed by atoms with E-state index in [1.54, 1.807) is 0 Å². The maximum absolute atomic E-state index is 13.5. The number of rotatable bonds is 18. The second-order valence-electron chi connectivity index (χ2n) is 13.2. The van der Waals surface area contributed by atoms with Crippen LogP contribution in [0.2, 0.25) is 0 Å². The molecule has 1 aromatic rings. The van der Waals surface area contributed by atoms with Crippen molar-refractivity contribution in [2.45, 2.75) is 142 Å². The highest BCUT2D eigenvalue weighted by Gasteiger charge is 2.32. The van der Waals surface area contributed by atoms with E-state index < -0.39 is 24.2 Å².